The molecule has 168 valence electrons. The second-order valence-corrected chi connectivity index (χ2v) is 7.86. The fourth-order valence-electron chi connectivity index (χ4n) is 3.45. The number of non-ortho nitro benzene ring substituents is 1. The molecule has 0 fully saturated rings. The number of fused-ring (bicyclic) bond motifs is 1. The Hall–Kier alpha value is -4.05. The number of hydrogen-bond donors (Lipinski definition) is 1. The molecule has 0 spiro atoms. The third-order valence-corrected chi connectivity index (χ3v) is 5.40. The average Bonchev–Trinajstić information content (AvgIpc) is 3.19. The Kier molecular flexibility index (Phi) is 6.18. The molecular weight excluding hydrogens is 448 g/mol. The number of aryl methyl sites for hydroxylation is 1. The Morgan fingerprint density at radius 2 is 2.06 bits per heavy atom. The van der Waals surface area contributed by atoms with Crippen LogP contribution >= 0.6 is 11.6 Å². The summed E-state index contributed by atoms with van der Waals surface area (Å²) in [5.41, 5.74) is 2.08. The molecule has 0 saturated carbocycles. The first kappa shape index (κ1) is 22.2. The van der Waals surface area contributed by atoms with Crippen molar-refractivity contribution in [2.75, 3.05) is 6.54 Å². The van der Waals surface area contributed by atoms with Crippen molar-refractivity contribution in [1.29, 1.82) is 0 Å². The number of amides is 1. The molecule has 0 aliphatic heterocycles. The number of nitro benzene ring substituents is 1. The van der Waals surface area contributed by atoms with E-state index in [4.69, 9.17) is 11.6 Å². The van der Waals surface area contributed by atoms with Gasteiger partial charge in [-0.2, -0.15) is 5.10 Å². The van der Waals surface area contributed by atoms with E-state index in [0.717, 1.165) is 17.2 Å². The predicted molar refractivity (Wildman–Crippen MR) is 123 cm³/mol. The summed E-state index contributed by atoms with van der Waals surface area (Å²) in [4.78, 5) is 40.0. The maximum atomic E-state index is 12.9. The molecule has 0 atom stereocenters. The number of hydrogen-bond acceptors (Lipinski definition) is 6. The molecule has 33 heavy (non-hydrogen) atoms. The Labute approximate surface area is 192 Å². The van der Waals surface area contributed by atoms with Gasteiger partial charge in [0.15, 0.2) is 5.65 Å². The fourth-order valence-corrected chi connectivity index (χ4v) is 3.66. The second kappa shape index (κ2) is 9.21. The summed E-state index contributed by atoms with van der Waals surface area (Å²) < 4.78 is 3.04. The van der Waals surface area contributed by atoms with E-state index in [1.54, 1.807) is 0 Å². The summed E-state index contributed by atoms with van der Waals surface area (Å²) in [6.45, 7) is 2.79. The molecule has 4 rings (SSSR count). The zero-order chi connectivity index (χ0) is 23.5. The van der Waals surface area contributed by atoms with Crippen molar-refractivity contribution in [1.82, 2.24) is 24.6 Å². The van der Waals surface area contributed by atoms with Crippen LogP contribution in [0, 0.1) is 17.0 Å². The molecule has 2 aromatic carbocycles. The first-order valence-electron chi connectivity index (χ1n) is 10.0. The number of nitrogens with zero attached hydrogens (tertiary/aromatic N) is 5. The first-order valence-corrected chi connectivity index (χ1v) is 10.4. The standard InChI is InChI=1S/C22H19ClN6O4/c1-14-3-2-4-15(9-14)12-27-13-25-20-18(22(27)31)11-26-28(20)8-7-24-21(30)17-10-16(29(32)33)5-6-19(17)23/h2-6,9-11,13H,7-8,12H2,1H3,(H,24,30). The van der Waals surface area contributed by atoms with Crippen LogP contribution < -0.4 is 10.9 Å². The van der Waals surface area contributed by atoms with E-state index in [1.807, 2.05) is 31.2 Å². The lowest BCUT2D eigenvalue weighted by Crippen LogP contribution is -2.28. The van der Waals surface area contributed by atoms with Gasteiger partial charge >= 0.3 is 0 Å². The summed E-state index contributed by atoms with van der Waals surface area (Å²) in [5.74, 6) is -0.548. The maximum absolute atomic E-state index is 12.9. The second-order valence-electron chi connectivity index (χ2n) is 7.45. The zero-order valence-electron chi connectivity index (χ0n) is 17.6. The van der Waals surface area contributed by atoms with Gasteiger partial charge in [0.05, 0.1) is 34.8 Å². The third-order valence-electron chi connectivity index (χ3n) is 5.07. The summed E-state index contributed by atoms with van der Waals surface area (Å²) in [6.07, 6.45) is 2.93. The van der Waals surface area contributed by atoms with Crippen LogP contribution in [0.3, 0.4) is 0 Å². The van der Waals surface area contributed by atoms with Gasteiger partial charge in [-0.25, -0.2) is 9.67 Å². The first-order chi connectivity index (χ1) is 15.8. The lowest BCUT2D eigenvalue weighted by atomic mass is 10.1. The van der Waals surface area contributed by atoms with E-state index < -0.39 is 10.8 Å². The number of rotatable bonds is 7. The Balaban J connectivity index is 1.46. The van der Waals surface area contributed by atoms with Gasteiger partial charge in [-0.1, -0.05) is 41.4 Å². The van der Waals surface area contributed by atoms with Crippen LogP contribution in [0.15, 0.2) is 59.8 Å². The normalized spacial score (nSPS) is 11.0. The molecule has 2 aromatic heterocycles. The number of nitrogens with one attached hydrogen (secondary N) is 1. The lowest BCUT2D eigenvalue weighted by molar-refractivity contribution is -0.384. The smallest absolute Gasteiger partial charge is 0.270 e. The highest BCUT2D eigenvalue weighted by molar-refractivity contribution is 6.33. The zero-order valence-corrected chi connectivity index (χ0v) is 18.3. The van der Waals surface area contributed by atoms with Gasteiger partial charge in [0.25, 0.3) is 17.2 Å². The van der Waals surface area contributed by atoms with Crippen LogP contribution in [0.1, 0.15) is 21.5 Å². The van der Waals surface area contributed by atoms with Crippen molar-refractivity contribution in [3.8, 4) is 0 Å². The molecule has 0 saturated heterocycles. The van der Waals surface area contributed by atoms with Crippen LogP contribution in [0.5, 0.6) is 0 Å². The molecule has 1 amide bonds. The van der Waals surface area contributed by atoms with E-state index >= 15 is 0 Å². The number of nitro groups is 1. The van der Waals surface area contributed by atoms with Crippen molar-refractivity contribution in [2.24, 2.45) is 0 Å². The molecule has 4 aromatic rings. The van der Waals surface area contributed by atoms with E-state index in [0.29, 0.717) is 17.6 Å². The summed E-state index contributed by atoms with van der Waals surface area (Å²) in [5, 5.41) is 18.3. The Morgan fingerprint density at radius 1 is 1.24 bits per heavy atom. The molecule has 10 nitrogen and oxygen atoms in total. The number of benzene rings is 2. The van der Waals surface area contributed by atoms with E-state index in [9.17, 15) is 19.7 Å². The topological polar surface area (TPSA) is 125 Å². The minimum absolute atomic E-state index is 0.00773. The Morgan fingerprint density at radius 3 is 2.82 bits per heavy atom. The Bertz CT molecular complexity index is 1430. The van der Waals surface area contributed by atoms with Crippen LogP contribution in [-0.4, -0.2) is 36.7 Å². The largest absolute Gasteiger partial charge is 0.350 e. The monoisotopic (exact) mass is 466 g/mol. The predicted octanol–water partition coefficient (Wildman–Crippen LogP) is 2.94. The third kappa shape index (κ3) is 4.75. The van der Waals surface area contributed by atoms with Gasteiger partial charge in [0, 0.05) is 18.7 Å². The van der Waals surface area contributed by atoms with Crippen molar-refractivity contribution in [2.45, 2.75) is 20.0 Å². The van der Waals surface area contributed by atoms with Gasteiger partial charge in [-0.05, 0) is 18.6 Å². The van der Waals surface area contributed by atoms with Crippen LogP contribution in [0.4, 0.5) is 5.69 Å². The van der Waals surface area contributed by atoms with Crippen LogP contribution in [0.25, 0.3) is 11.0 Å². The SMILES string of the molecule is Cc1cccc(Cn2cnc3c(cnn3CCNC(=O)c3cc([N+](=O)[O-])ccc3Cl)c2=O)c1. The van der Waals surface area contributed by atoms with Gasteiger partial charge < -0.3 is 5.32 Å². The number of aromatic nitrogens is 4. The molecule has 0 aliphatic carbocycles. The maximum Gasteiger partial charge on any atom is 0.270 e. The molecule has 0 unspecified atom stereocenters. The van der Waals surface area contributed by atoms with Crippen LogP contribution in [0.2, 0.25) is 5.02 Å². The van der Waals surface area contributed by atoms with Crippen molar-refractivity contribution < 1.29 is 9.72 Å². The minimum atomic E-state index is -0.597. The number of halogens is 1. The molecule has 0 radical (unpaired) electrons. The van der Waals surface area contributed by atoms with Crippen LogP contribution in [-0.2, 0) is 13.1 Å². The molecular formula is C22H19ClN6O4. The molecule has 11 heteroatoms. The highest BCUT2D eigenvalue weighted by Crippen LogP contribution is 2.21. The average molecular weight is 467 g/mol. The summed E-state index contributed by atoms with van der Waals surface area (Å²) in [7, 11) is 0. The lowest BCUT2D eigenvalue weighted by Gasteiger charge is -2.08. The minimum Gasteiger partial charge on any atom is -0.350 e. The number of carbonyl (C=O) groups is 1. The quantitative estimate of drug-likeness (QED) is 0.330. The van der Waals surface area contributed by atoms with Crippen molar-refractivity contribution in [3.05, 3.63) is 97.2 Å². The van der Waals surface area contributed by atoms with Gasteiger partial charge in [-0.3, -0.25) is 24.3 Å². The fraction of sp³-hybridized carbons (Fsp3) is 0.182. The summed E-state index contributed by atoms with van der Waals surface area (Å²) >= 11 is 6.00. The van der Waals surface area contributed by atoms with Gasteiger partial charge in [0.2, 0.25) is 0 Å². The molecule has 2 heterocycles. The van der Waals surface area contributed by atoms with E-state index in [2.05, 4.69) is 15.4 Å². The molecule has 1 N–H and O–H groups in total. The van der Waals surface area contributed by atoms with E-state index in [1.165, 1.54) is 33.9 Å². The highest BCUT2D eigenvalue weighted by Gasteiger charge is 2.16. The van der Waals surface area contributed by atoms with Gasteiger partial charge in [0.1, 0.15) is 11.7 Å². The van der Waals surface area contributed by atoms with Crippen molar-refractivity contribution in [3.63, 3.8) is 0 Å². The highest BCUT2D eigenvalue weighted by atomic mass is 35.5. The molecule has 0 bridgehead atoms. The van der Waals surface area contributed by atoms with Crippen molar-refractivity contribution >= 4 is 34.2 Å². The van der Waals surface area contributed by atoms with E-state index in [-0.39, 0.29) is 34.9 Å². The molecule has 0 aliphatic rings. The number of carbonyl (C=O) groups excluding carboxylic acids is 1. The van der Waals surface area contributed by atoms with Gasteiger partial charge in [-0.15, -0.1) is 0 Å². The summed E-state index contributed by atoms with van der Waals surface area (Å²) in [6, 6.07) is 11.5.